The number of benzene rings is 1. The number of likely N-dealkylation sites (tertiary alicyclic amines) is 1. The molecule has 1 saturated heterocycles. The first-order valence-electron chi connectivity index (χ1n) is 8.38. The van der Waals surface area contributed by atoms with Gasteiger partial charge in [-0.3, -0.25) is 14.5 Å². The van der Waals surface area contributed by atoms with Crippen LogP contribution < -0.4 is 5.43 Å². The number of aromatic amines is 1. The molecule has 0 spiro atoms. The fourth-order valence-corrected chi connectivity index (χ4v) is 3.46. The molecule has 1 aromatic heterocycles. The van der Waals surface area contributed by atoms with Crippen LogP contribution in [0.4, 0.5) is 0 Å². The first-order chi connectivity index (χ1) is 11.0. The van der Waals surface area contributed by atoms with Gasteiger partial charge in [0, 0.05) is 40.3 Å². The molecule has 1 atom stereocenters. The normalized spacial score (nSPS) is 19.2. The molecule has 0 amide bonds. The molecule has 1 aromatic carbocycles. The maximum atomic E-state index is 12.9. The smallest absolute Gasteiger partial charge is 0.194 e. The number of piperidine rings is 1. The van der Waals surface area contributed by atoms with E-state index in [2.05, 4.69) is 16.8 Å². The summed E-state index contributed by atoms with van der Waals surface area (Å²) >= 11 is 0. The highest BCUT2D eigenvalue weighted by atomic mass is 16.1. The van der Waals surface area contributed by atoms with Crippen molar-refractivity contribution in [1.82, 2.24) is 9.88 Å². The number of pyridine rings is 1. The van der Waals surface area contributed by atoms with Crippen molar-refractivity contribution in [1.29, 1.82) is 0 Å². The topological polar surface area (TPSA) is 53.2 Å². The van der Waals surface area contributed by atoms with Crippen molar-refractivity contribution in [2.75, 3.05) is 6.54 Å². The molecule has 1 fully saturated rings. The number of aromatic nitrogens is 1. The highest BCUT2D eigenvalue weighted by Crippen LogP contribution is 2.20. The van der Waals surface area contributed by atoms with Crippen LogP contribution in [0.25, 0.3) is 10.9 Å². The number of carbonyl (C=O) groups is 1. The lowest BCUT2D eigenvalue weighted by molar-refractivity contribution is 0.101. The summed E-state index contributed by atoms with van der Waals surface area (Å²) in [7, 11) is 0. The lowest BCUT2D eigenvalue weighted by atomic mass is 10.0. The molecule has 23 heavy (non-hydrogen) atoms. The van der Waals surface area contributed by atoms with Crippen LogP contribution in [0.15, 0.2) is 23.0 Å². The van der Waals surface area contributed by atoms with Gasteiger partial charge >= 0.3 is 0 Å². The summed E-state index contributed by atoms with van der Waals surface area (Å²) in [5.41, 5.74) is 3.19. The van der Waals surface area contributed by atoms with Crippen LogP contribution in [0.3, 0.4) is 0 Å². The average molecular weight is 312 g/mol. The largest absolute Gasteiger partial charge is 0.358 e. The number of aryl methyl sites for hydroxylation is 1. The molecular formula is C19H24N2O2. The molecule has 0 radical (unpaired) electrons. The molecule has 1 N–H and O–H groups in total. The van der Waals surface area contributed by atoms with Gasteiger partial charge in [0.2, 0.25) is 0 Å². The molecule has 0 bridgehead atoms. The Kier molecular flexibility index (Phi) is 4.35. The van der Waals surface area contributed by atoms with Gasteiger partial charge < -0.3 is 4.98 Å². The Morgan fingerprint density at radius 3 is 2.83 bits per heavy atom. The van der Waals surface area contributed by atoms with Crippen molar-refractivity contribution in [2.45, 2.75) is 52.6 Å². The second-order valence-electron chi connectivity index (χ2n) is 6.69. The molecule has 1 aliphatic rings. The third-order valence-electron chi connectivity index (χ3n) is 5.02. The van der Waals surface area contributed by atoms with Crippen LogP contribution in [0.1, 0.15) is 54.7 Å². The Morgan fingerprint density at radius 1 is 1.35 bits per heavy atom. The Hall–Kier alpha value is -1.94. The molecule has 3 rings (SSSR count). The molecule has 2 heterocycles. The van der Waals surface area contributed by atoms with Crippen LogP contribution in [0, 0.1) is 6.92 Å². The highest BCUT2D eigenvalue weighted by molar-refractivity contribution is 5.97. The molecule has 4 heteroatoms. The molecule has 0 unspecified atom stereocenters. The Labute approximate surface area is 136 Å². The minimum absolute atomic E-state index is 0.0157. The van der Waals surface area contributed by atoms with Gasteiger partial charge in [0.25, 0.3) is 0 Å². The fourth-order valence-electron chi connectivity index (χ4n) is 3.46. The van der Waals surface area contributed by atoms with Crippen molar-refractivity contribution in [3.05, 3.63) is 45.2 Å². The number of carbonyl (C=O) groups excluding carboxylic acids is 1. The third-order valence-corrected chi connectivity index (χ3v) is 5.02. The zero-order valence-corrected chi connectivity index (χ0v) is 14.1. The predicted octanol–water partition coefficient (Wildman–Crippen LogP) is 3.41. The molecule has 1 aliphatic heterocycles. The van der Waals surface area contributed by atoms with E-state index in [1.165, 1.54) is 26.2 Å². The predicted molar refractivity (Wildman–Crippen MR) is 93.0 cm³/mol. The number of nitrogens with one attached hydrogen (secondary N) is 1. The van der Waals surface area contributed by atoms with Crippen molar-refractivity contribution < 1.29 is 4.79 Å². The van der Waals surface area contributed by atoms with Gasteiger partial charge in [-0.25, -0.2) is 0 Å². The number of H-pyrrole nitrogens is 1. The summed E-state index contributed by atoms with van der Waals surface area (Å²) in [6.07, 6.45) is 3.66. The Bertz CT molecular complexity index is 807. The lowest BCUT2D eigenvalue weighted by Crippen LogP contribution is -2.38. The number of fused-ring (bicyclic) bond motifs is 1. The highest BCUT2D eigenvalue weighted by Gasteiger charge is 2.21. The third kappa shape index (κ3) is 3.08. The fraction of sp³-hybridized carbons (Fsp3) is 0.474. The van der Waals surface area contributed by atoms with E-state index in [9.17, 15) is 9.59 Å². The number of ketones is 1. The van der Waals surface area contributed by atoms with Gasteiger partial charge in [0.1, 0.15) is 0 Å². The summed E-state index contributed by atoms with van der Waals surface area (Å²) in [5.74, 6) is -0.0157. The van der Waals surface area contributed by atoms with Crippen LogP contribution in [-0.4, -0.2) is 28.3 Å². The van der Waals surface area contributed by atoms with E-state index in [1.54, 1.807) is 12.1 Å². The summed E-state index contributed by atoms with van der Waals surface area (Å²) in [6, 6.07) is 5.83. The standard InChI is InChI=1S/C19H24N2O2/c1-12-6-4-5-9-21(12)11-17-13(2)20-18-8-7-15(14(3)22)10-16(18)19(17)23/h7-8,10,12H,4-6,9,11H2,1-3H3,(H,20,23)/t12-/m1/s1. The summed E-state index contributed by atoms with van der Waals surface area (Å²) < 4.78 is 0. The molecule has 2 aromatic rings. The van der Waals surface area contributed by atoms with Crippen molar-refractivity contribution >= 4 is 16.7 Å². The van der Waals surface area contributed by atoms with E-state index < -0.39 is 0 Å². The molecule has 4 nitrogen and oxygen atoms in total. The number of nitrogens with zero attached hydrogens (tertiary/aromatic N) is 1. The van der Waals surface area contributed by atoms with Gasteiger partial charge in [-0.05, 0) is 58.4 Å². The van der Waals surface area contributed by atoms with E-state index in [0.29, 0.717) is 23.5 Å². The van der Waals surface area contributed by atoms with Crippen LogP contribution in [0.5, 0.6) is 0 Å². The van der Waals surface area contributed by atoms with E-state index in [-0.39, 0.29) is 11.2 Å². The van der Waals surface area contributed by atoms with Crippen molar-refractivity contribution in [3.8, 4) is 0 Å². The SMILES string of the molecule is CC(=O)c1ccc2[nH]c(C)c(CN3CCCC[C@H]3C)c(=O)c2c1. The number of hydrogen-bond donors (Lipinski definition) is 1. The summed E-state index contributed by atoms with van der Waals surface area (Å²) in [6.45, 7) is 7.45. The second kappa shape index (κ2) is 6.28. The zero-order chi connectivity index (χ0) is 16.6. The van der Waals surface area contributed by atoms with E-state index in [4.69, 9.17) is 0 Å². The minimum Gasteiger partial charge on any atom is -0.358 e. The van der Waals surface area contributed by atoms with Gasteiger partial charge in [0.15, 0.2) is 11.2 Å². The molecule has 0 saturated carbocycles. The van der Waals surface area contributed by atoms with E-state index in [0.717, 1.165) is 23.3 Å². The Balaban J connectivity index is 2.05. The second-order valence-corrected chi connectivity index (χ2v) is 6.69. The van der Waals surface area contributed by atoms with E-state index in [1.807, 2.05) is 13.0 Å². The number of rotatable bonds is 3. The molecule has 0 aliphatic carbocycles. The van der Waals surface area contributed by atoms with Gasteiger partial charge in [-0.2, -0.15) is 0 Å². The first kappa shape index (κ1) is 15.9. The first-order valence-corrected chi connectivity index (χ1v) is 8.38. The van der Waals surface area contributed by atoms with Gasteiger partial charge in [-0.1, -0.05) is 6.42 Å². The maximum absolute atomic E-state index is 12.9. The van der Waals surface area contributed by atoms with Gasteiger partial charge in [-0.15, -0.1) is 0 Å². The number of hydrogen-bond acceptors (Lipinski definition) is 3. The maximum Gasteiger partial charge on any atom is 0.194 e. The quantitative estimate of drug-likeness (QED) is 0.884. The van der Waals surface area contributed by atoms with Crippen LogP contribution in [-0.2, 0) is 6.54 Å². The average Bonchev–Trinajstić information content (AvgIpc) is 2.52. The van der Waals surface area contributed by atoms with Crippen molar-refractivity contribution in [3.63, 3.8) is 0 Å². The summed E-state index contributed by atoms with van der Waals surface area (Å²) in [5, 5.41) is 0.614. The van der Waals surface area contributed by atoms with Gasteiger partial charge in [0.05, 0.1) is 0 Å². The summed E-state index contributed by atoms with van der Waals surface area (Å²) in [4.78, 5) is 30.3. The Morgan fingerprint density at radius 2 is 2.13 bits per heavy atom. The number of Topliss-reactive ketones (excluding diaryl/α,β-unsaturated/α-hetero) is 1. The lowest BCUT2D eigenvalue weighted by Gasteiger charge is -2.33. The molecular weight excluding hydrogens is 288 g/mol. The minimum atomic E-state index is -0.0157. The monoisotopic (exact) mass is 312 g/mol. The van der Waals surface area contributed by atoms with Crippen LogP contribution in [0.2, 0.25) is 0 Å². The van der Waals surface area contributed by atoms with Crippen molar-refractivity contribution in [2.24, 2.45) is 0 Å². The van der Waals surface area contributed by atoms with Crippen LogP contribution >= 0.6 is 0 Å². The zero-order valence-electron chi connectivity index (χ0n) is 14.1. The van der Waals surface area contributed by atoms with E-state index >= 15 is 0 Å². The molecule has 122 valence electrons.